The second-order valence-electron chi connectivity index (χ2n) is 6.69. The molecule has 2 unspecified atom stereocenters. The second-order valence-corrected chi connectivity index (χ2v) is 7.10. The van der Waals surface area contributed by atoms with Crippen molar-refractivity contribution in [1.29, 1.82) is 0 Å². The number of piperidine rings is 1. The number of likely N-dealkylation sites (tertiary alicyclic amines) is 1. The smallest absolute Gasteiger partial charge is 0.407 e. The van der Waals surface area contributed by atoms with Gasteiger partial charge in [-0.1, -0.05) is 22.8 Å². The SMILES string of the molecule is Cc1onc(-c2c(F)cccc2Cl)c1C(=O)NC1CC(C(=O)O)CN(C(=O)O)C1. The van der Waals surface area contributed by atoms with Crippen LogP contribution >= 0.6 is 11.6 Å². The van der Waals surface area contributed by atoms with E-state index in [0.717, 1.165) is 11.0 Å². The standard InChI is InChI=1S/C18H17ClFN3O6/c1-8-13(15(22-29-8)14-11(19)3-2-4-12(14)20)16(24)21-10-5-9(17(25)26)6-23(7-10)18(27)28/h2-4,9-10H,5-7H2,1H3,(H,21,24)(H,25,26)(H,27,28). The van der Waals surface area contributed by atoms with Crippen LogP contribution in [0.2, 0.25) is 5.02 Å². The third-order valence-corrected chi connectivity index (χ3v) is 5.01. The summed E-state index contributed by atoms with van der Waals surface area (Å²) in [5.74, 6) is -3.40. The van der Waals surface area contributed by atoms with Crippen molar-refractivity contribution in [1.82, 2.24) is 15.4 Å². The number of nitrogens with one attached hydrogen (secondary N) is 1. The number of carboxylic acids is 1. The molecule has 1 saturated heterocycles. The molecule has 1 aliphatic rings. The number of aromatic nitrogens is 1. The molecule has 0 radical (unpaired) electrons. The van der Waals surface area contributed by atoms with Gasteiger partial charge in [0, 0.05) is 19.1 Å². The lowest BCUT2D eigenvalue weighted by Gasteiger charge is -2.34. The Morgan fingerprint density at radius 2 is 2.03 bits per heavy atom. The van der Waals surface area contributed by atoms with Crippen molar-refractivity contribution in [3.05, 3.63) is 40.4 Å². The third-order valence-electron chi connectivity index (χ3n) is 4.69. The lowest BCUT2D eigenvalue weighted by molar-refractivity contribution is -0.143. The molecule has 2 atom stereocenters. The number of aliphatic carboxylic acids is 1. The number of nitrogens with zero attached hydrogens (tertiary/aromatic N) is 2. The molecule has 3 rings (SSSR count). The molecule has 0 bridgehead atoms. The molecule has 2 heterocycles. The van der Waals surface area contributed by atoms with Crippen LogP contribution in [0.4, 0.5) is 9.18 Å². The predicted octanol–water partition coefficient (Wildman–Crippen LogP) is 2.63. The molecule has 1 aromatic heterocycles. The number of carbonyl (C=O) groups is 3. The maximum Gasteiger partial charge on any atom is 0.407 e. The minimum Gasteiger partial charge on any atom is -0.481 e. The molecule has 1 aromatic carbocycles. The zero-order valence-electron chi connectivity index (χ0n) is 15.2. The Bertz CT molecular complexity index is 936. The average Bonchev–Trinajstić information content (AvgIpc) is 3.02. The van der Waals surface area contributed by atoms with Crippen molar-refractivity contribution in [3.63, 3.8) is 0 Å². The number of amides is 2. The zero-order valence-corrected chi connectivity index (χ0v) is 15.9. The van der Waals surface area contributed by atoms with Gasteiger partial charge in [0.25, 0.3) is 5.91 Å². The Balaban J connectivity index is 1.89. The molecule has 2 aromatic rings. The number of halogens is 2. The van der Waals surface area contributed by atoms with Crippen LogP contribution in [-0.2, 0) is 4.79 Å². The summed E-state index contributed by atoms with van der Waals surface area (Å²) in [5, 5.41) is 24.9. The lowest BCUT2D eigenvalue weighted by atomic mass is 9.94. The first-order valence-corrected chi connectivity index (χ1v) is 8.99. The fourth-order valence-electron chi connectivity index (χ4n) is 3.33. The van der Waals surface area contributed by atoms with Crippen LogP contribution in [0.3, 0.4) is 0 Å². The van der Waals surface area contributed by atoms with Gasteiger partial charge in [0.1, 0.15) is 22.8 Å². The van der Waals surface area contributed by atoms with E-state index in [4.69, 9.17) is 16.1 Å². The van der Waals surface area contributed by atoms with Gasteiger partial charge in [-0.05, 0) is 25.5 Å². The van der Waals surface area contributed by atoms with Crippen LogP contribution in [-0.4, -0.2) is 57.4 Å². The Hall–Kier alpha value is -3.14. The number of carbonyl (C=O) groups excluding carboxylic acids is 1. The molecule has 1 fully saturated rings. The number of benzene rings is 1. The Morgan fingerprint density at radius 3 is 2.66 bits per heavy atom. The van der Waals surface area contributed by atoms with E-state index in [1.807, 2.05) is 0 Å². The van der Waals surface area contributed by atoms with Gasteiger partial charge in [0.05, 0.1) is 16.5 Å². The summed E-state index contributed by atoms with van der Waals surface area (Å²) in [5.41, 5.74) is -0.254. The average molecular weight is 426 g/mol. The molecule has 154 valence electrons. The normalized spacial score (nSPS) is 19.1. The molecule has 11 heteroatoms. The quantitative estimate of drug-likeness (QED) is 0.685. The zero-order chi connectivity index (χ0) is 21.3. The van der Waals surface area contributed by atoms with Crippen molar-refractivity contribution in [3.8, 4) is 11.3 Å². The molecule has 1 aliphatic heterocycles. The maximum absolute atomic E-state index is 14.3. The van der Waals surface area contributed by atoms with Gasteiger partial charge in [-0.2, -0.15) is 0 Å². The van der Waals surface area contributed by atoms with E-state index >= 15 is 0 Å². The van der Waals surface area contributed by atoms with Crippen molar-refractivity contribution in [2.75, 3.05) is 13.1 Å². The molecule has 3 N–H and O–H groups in total. The first-order chi connectivity index (χ1) is 13.7. The second kappa shape index (κ2) is 8.08. The Morgan fingerprint density at radius 1 is 1.31 bits per heavy atom. The first kappa shape index (κ1) is 20.6. The molecule has 29 heavy (non-hydrogen) atoms. The molecule has 9 nitrogen and oxygen atoms in total. The summed E-state index contributed by atoms with van der Waals surface area (Å²) in [4.78, 5) is 36.4. The van der Waals surface area contributed by atoms with E-state index < -0.39 is 35.7 Å². The summed E-state index contributed by atoms with van der Waals surface area (Å²) in [6.45, 7) is 1.22. The molecular weight excluding hydrogens is 409 g/mol. The number of hydrogen-bond acceptors (Lipinski definition) is 5. The van der Waals surface area contributed by atoms with Gasteiger partial charge in [-0.15, -0.1) is 0 Å². The van der Waals surface area contributed by atoms with Gasteiger partial charge >= 0.3 is 12.1 Å². The highest BCUT2D eigenvalue weighted by Crippen LogP contribution is 2.33. The molecule has 0 saturated carbocycles. The van der Waals surface area contributed by atoms with E-state index in [0.29, 0.717) is 0 Å². The summed E-state index contributed by atoms with van der Waals surface area (Å²) in [6, 6.07) is 3.25. The number of aryl methyl sites for hydroxylation is 1. The monoisotopic (exact) mass is 425 g/mol. The van der Waals surface area contributed by atoms with Gasteiger partial charge in [-0.25, -0.2) is 9.18 Å². The van der Waals surface area contributed by atoms with Crippen molar-refractivity contribution in [2.24, 2.45) is 5.92 Å². The van der Waals surface area contributed by atoms with Gasteiger partial charge in [0.2, 0.25) is 0 Å². The highest BCUT2D eigenvalue weighted by molar-refractivity contribution is 6.33. The van der Waals surface area contributed by atoms with Crippen LogP contribution in [0, 0.1) is 18.7 Å². The van der Waals surface area contributed by atoms with Gasteiger partial charge in [0.15, 0.2) is 0 Å². The summed E-state index contributed by atoms with van der Waals surface area (Å²) >= 11 is 6.06. The van der Waals surface area contributed by atoms with Crippen molar-refractivity contribution < 1.29 is 33.5 Å². The molecular formula is C18H17ClFN3O6. The molecule has 2 amide bonds. The molecule has 0 aliphatic carbocycles. The topological polar surface area (TPSA) is 133 Å². The van der Waals surface area contributed by atoms with E-state index in [1.54, 1.807) is 0 Å². The number of hydrogen-bond donors (Lipinski definition) is 3. The largest absolute Gasteiger partial charge is 0.481 e. The summed E-state index contributed by atoms with van der Waals surface area (Å²) < 4.78 is 19.3. The highest BCUT2D eigenvalue weighted by atomic mass is 35.5. The van der Waals surface area contributed by atoms with Crippen LogP contribution in [0.1, 0.15) is 22.5 Å². The van der Waals surface area contributed by atoms with Gasteiger partial charge in [-0.3, -0.25) is 9.59 Å². The van der Waals surface area contributed by atoms with Crippen LogP contribution in [0.15, 0.2) is 22.7 Å². The van der Waals surface area contributed by atoms with E-state index in [9.17, 15) is 29.0 Å². The lowest BCUT2D eigenvalue weighted by Crippen LogP contribution is -2.53. The van der Waals surface area contributed by atoms with E-state index in [-0.39, 0.29) is 47.1 Å². The Labute approximate surface area is 169 Å². The third kappa shape index (κ3) is 4.16. The minimum atomic E-state index is -1.28. The fraction of sp³-hybridized carbons (Fsp3) is 0.333. The van der Waals surface area contributed by atoms with Crippen LogP contribution in [0.25, 0.3) is 11.3 Å². The minimum absolute atomic E-state index is 0.0352. The summed E-state index contributed by atoms with van der Waals surface area (Å²) in [7, 11) is 0. The van der Waals surface area contributed by atoms with Gasteiger partial charge < -0.3 is 25.0 Å². The van der Waals surface area contributed by atoms with Crippen LogP contribution < -0.4 is 5.32 Å². The molecule has 0 spiro atoms. The van der Waals surface area contributed by atoms with Crippen molar-refractivity contribution in [2.45, 2.75) is 19.4 Å². The van der Waals surface area contributed by atoms with Crippen LogP contribution in [0.5, 0.6) is 0 Å². The Kier molecular flexibility index (Phi) is 5.73. The number of rotatable bonds is 4. The van der Waals surface area contributed by atoms with E-state index in [2.05, 4.69) is 10.5 Å². The predicted molar refractivity (Wildman–Crippen MR) is 98.2 cm³/mol. The summed E-state index contributed by atoms with van der Waals surface area (Å²) in [6.07, 6.45) is -1.24. The number of carboxylic acid groups (broad SMARTS) is 2. The van der Waals surface area contributed by atoms with E-state index in [1.165, 1.54) is 19.1 Å². The fourth-order valence-corrected chi connectivity index (χ4v) is 3.58. The van der Waals surface area contributed by atoms with Crippen molar-refractivity contribution >= 4 is 29.6 Å². The first-order valence-electron chi connectivity index (χ1n) is 8.61. The highest BCUT2D eigenvalue weighted by Gasteiger charge is 2.35. The maximum atomic E-state index is 14.3.